The van der Waals surface area contributed by atoms with Crippen LogP contribution in [-0.4, -0.2) is 35.1 Å². The van der Waals surface area contributed by atoms with Gasteiger partial charge in [0.05, 0.1) is 23.8 Å². The summed E-state index contributed by atoms with van der Waals surface area (Å²) < 4.78 is 2.10. The van der Waals surface area contributed by atoms with Gasteiger partial charge in [0.1, 0.15) is 0 Å². The van der Waals surface area contributed by atoms with E-state index in [2.05, 4.69) is 33.9 Å². The number of fused-ring (bicyclic) bond motifs is 1. The minimum atomic E-state index is 0.421. The second-order valence-electron chi connectivity index (χ2n) is 3.80. The maximum atomic E-state index is 4.44. The van der Waals surface area contributed by atoms with Crippen molar-refractivity contribution in [2.45, 2.75) is 12.6 Å². The minimum absolute atomic E-state index is 0.421. The molecule has 4 heteroatoms. The zero-order chi connectivity index (χ0) is 9.42. The van der Waals surface area contributed by atoms with Crippen LogP contribution >= 0.6 is 0 Å². The molecule has 0 saturated carbocycles. The second-order valence-corrected chi connectivity index (χ2v) is 3.80. The highest BCUT2D eigenvalue weighted by Gasteiger charge is 2.24. The Labute approximate surface area is 78.6 Å². The standard InChI is InChI=1S/C9H16N4/c1-12(2)7-4-10-5-8-9(7)11-6-13(8)3/h6-7,10H,4-5H2,1-3H3. The van der Waals surface area contributed by atoms with E-state index in [0.717, 1.165) is 13.1 Å². The average molecular weight is 180 g/mol. The van der Waals surface area contributed by atoms with E-state index in [0.29, 0.717) is 6.04 Å². The van der Waals surface area contributed by atoms with Gasteiger partial charge in [-0.3, -0.25) is 4.90 Å². The first-order chi connectivity index (χ1) is 6.20. The molecule has 1 unspecified atom stereocenters. The fraction of sp³-hybridized carbons (Fsp3) is 0.667. The average Bonchev–Trinajstić information content (AvgIpc) is 2.48. The normalized spacial score (nSPS) is 22.0. The zero-order valence-electron chi connectivity index (χ0n) is 8.41. The summed E-state index contributed by atoms with van der Waals surface area (Å²) in [6.45, 7) is 1.94. The van der Waals surface area contributed by atoms with E-state index < -0.39 is 0 Å². The molecule has 4 nitrogen and oxygen atoms in total. The molecule has 0 aliphatic carbocycles. The Bertz CT molecular complexity index is 303. The number of imidazole rings is 1. The van der Waals surface area contributed by atoms with Crippen LogP contribution in [0.1, 0.15) is 17.4 Å². The van der Waals surface area contributed by atoms with Crippen LogP contribution in [0.25, 0.3) is 0 Å². The highest BCUT2D eigenvalue weighted by Crippen LogP contribution is 2.23. The third-order valence-electron chi connectivity index (χ3n) is 2.66. The summed E-state index contributed by atoms with van der Waals surface area (Å²) in [7, 11) is 6.23. The second kappa shape index (κ2) is 3.12. The van der Waals surface area contributed by atoms with Gasteiger partial charge in [0.25, 0.3) is 0 Å². The summed E-state index contributed by atoms with van der Waals surface area (Å²) in [6.07, 6.45) is 1.90. The number of rotatable bonds is 1. The number of aryl methyl sites for hydroxylation is 1. The van der Waals surface area contributed by atoms with Gasteiger partial charge in [-0.05, 0) is 14.1 Å². The fourth-order valence-corrected chi connectivity index (χ4v) is 1.82. The van der Waals surface area contributed by atoms with Crippen molar-refractivity contribution in [3.8, 4) is 0 Å². The van der Waals surface area contributed by atoms with Crippen LogP contribution in [0.2, 0.25) is 0 Å². The summed E-state index contributed by atoms with van der Waals surface area (Å²) in [5, 5.41) is 3.40. The molecule has 1 N–H and O–H groups in total. The van der Waals surface area contributed by atoms with Crippen LogP contribution in [0, 0.1) is 0 Å². The number of hydrogen-bond acceptors (Lipinski definition) is 3. The highest BCUT2D eigenvalue weighted by atomic mass is 15.2. The molecule has 0 bridgehead atoms. The Hall–Kier alpha value is -0.870. The lowest BCUT2D eigenvalue weighted by Crippen LogP contribution is -2.36. The Balaban J connectivity index is 2.38. The number of nitrogens with zero attached hydrogens (tertiary/aromatic N) is 3. The minimum Gasteiger partial charge on any atom is -0.336 e. The van der Waals surface area contributed by atoms with E-state index >= 15 is 0 Å². The maximum Gasteiger partial charge on any atom is 0.0950 e. The molecule has 1 aromatic heterocycles. The number of nitrogens with one attached hydrogen (secondary N) is 1. The van der Waals surface area contributed by atoms with E-state index in [1.807, 2.05) is 13.4 Å². The van der Waals surface area contributed by atoms with Gasteiger partial charge in [0.2, 0.25) is 0 Å². The van der Waals surface area contributed by atoms with Crippen LogP contribution in [0.5, 0.6) is 0 Å². The van der Waals surface area contributed by atoms with Gasteiger partial charge in [0.15, 0.2) is 0 Å². The van der Waals surface area contributed by atoms with Gasteiger partial charge >= 0.3 is 0 Å². The van der Waals surface area contributed by atoms with Crippen LogP contribution < -0.4 is 5.32 Å². The molecule has 1 aliphatic rings. The molecule has 1 aromatic rings. The lowest BCUT2D eigenvalue weighted by atomic mass is 10.1. The molecule has 0 saturated heterocycles. The summed E-state index contributed by atoms with van der Waals surface area (Å²) in [5.41, 5.74) is 2.54. The van der Waals surface area contributed by atoms with E-state index in [-0.39, 0.29) is 0 Å². The topological polar surface area (TPSA) is 33.1 Å². The summed E-state index contributed by atoms with van der Waals surface area (Å²) in [4.78, 5) is 6.65. The largest absolute Gasteiger partial charge is 0.336 e. The first-order valence-corrected chi connectivity index (χ1v) is 4.57. The quantitative estimate of drug-likeness (QED) is 0.666. The molecule has 13 heavy (non-hydrogen) atoms. The molecule has 2 rings (SSSR count). The molecule has 0 fully saturated rings. The summed E-state index contributed by atoms with van der Waals surface area (Å²) >= 11 is 0. The Morgan fingerprint density at radius 3 is 3.08 bits per heavy atom. The van der Waals surface area contributed by atoms with E-state index in [1.54, 1.807) is 0 Å². The SMILES string of the molecule is CN(C)C1CNCc2c1ncn2C. The third kappa shape index (κ3) is 1.36. The summed E-state index contributed by atoms with van der Waals surface area (Å²) in [5.74, 6) is 0. The van der Waals surface area contributed by atoms with Crippen molar-refractivity contribution in [3.63, 3.8) is 0 Å². The molecule has 0 aromatic carbocycles. The predicted molar refractivity (Wildman–Crippen MR) is 51.3 cm³/mol. The highest BCUT2D eigenvalue weighted by molar-refractivity contribution is 5.20. The smallest absolute Gasteiger partial charge is 0.0950 e. The first kappa shape index (κ1) is 8.72. The molecular weight excluding hydrogens is 164 g/mol. The van der Waals surface area contributed by atoms with Crippen LogP contribution in [0.15, 0.2) is 6.33 Å². The lowest BCUT2D eigenvalue weighted by molar-refractivity contribution is 0.269. The number of hydrogen-bond donors (Lipinski definition) is 1. The number of aromatic nitrogens is 2. The predicted octanol–water partition coefficient (Wildman–Crippen LogP) is 0.126. The van der Waals surface area contributed by atoms with Gasteiger partial charge in [-0.15, -0.1) is 0 Å². The lowest BCUT2D eigenvalue weighted by Gasteiger charge is -2.28. The van der Waals surface area contributed by atoms with E-state index in [9.17, 15) is 0 Å². The Kier molecular flexibility index (Phi) is 2.09. The van der Waals surface area contributed by atoms with Gasteiger partial charge < -0.3 is 9.88 Å². The molecule has 1 atom stereocenters. The zero-order valence-corrected chi connectivity index (χ0v) is 8.41. The molecular formula is C9H16N4. The van der Waals surface area contributed by atoms with Gasteiger partial charge in [0, 0.05) is 20.1 Å². The monoisotopic (exact) mass is 180 g/mol. The van der Waals surface area contributed by atoms with Crippen LogP contribution in [0.4, 0.5) is 0 Å². The van der Waals surface area contributed by atoms with Gasteiger partial charge in [-0.1, -0.05) is 0 Å². The van der Waals surface area contributed by atoms with Crippen LogP contribution in [0.3, 0.4) is 0 Å². The van der Waals surface area contributed by atoms with Crippen molar-refractivity contribution in [1.82, 2.24) is 19.8 Å². The Morgan fingerprint density at radius 2 is 2.38 bits per heavy atom. The van der Waals surface area contributed by atoms with Gasteiger partial charge in [-0.25, -0.2) is 4.98 Å². The molecule has 0 radical (unpaired) electrons. The molecule has 2 heterocycles. The molecule has 0 spiro atoms. The molecule has 72 valence electrons. The van der Waals surface area contributed by atoms with E-state index in [4.69, 9.17) is 0 Å². The number of likely N-dealkylation sites (N-methyl/N-ethyl adjacent to an activating group) is 1. The van der Waals surface area contributed by atoms with Gasteiger partial charge in [-0.2, -0.15) is 0 Å². The fourth-order valence-electron chi connectivity index (χ4n) is 1.82. The molecule has 1 aliphatic heterocycles. The van der Waals surface area contributed by atoms with Crippen molar-refractivity contribution >= 4 is 0 Å². The van der Waals surface area contributed by atoms with Crippen molar-refractivity contribution in [3.05, 3.63) is 17.7 Å². The summed E-state index contributed by atoms with van der Waals surface area (Å²) in [6, 6.07) is 0.421. The van der Waals surface area contributed by atoms with Crippen LogP contribution in [-0.2, 0) is 13.6 Å². The van der Waals surface area contributed by atoms with Crippen molar-refractivity contribution in [2.24, 2.45) is 7.05 Å². The maximum absolute atomic E-state index is 4.44. The van der Waals surface area contributed by atoms with E-state index in [1.165, 1.54) is 11.4 Å². The first-order valence-electron chi connectivity index (χ1n) is 4.57. The van der Waals surface area contributed by atoms with Crippen molar-refractivity contribution in [1.29, 1.82) is 0 Å². The molecule has 0 amide bonds. The van der Waals surface area contributed by atoms with Crippen molar-refractivity contribution in [2.75, 3.05) is 20.6 Å². The Morgan fingerprint density at radius 1 is 1.62 bits per heavy atom. The van der Waals surface area contributed by atoms with Crippen molar-refractivity contribution < 1.29 is 0 Å². The third-order valence-corrected chi connectivity index (χ3v) is 2.66.